The van der Waals surface area contributed by atoms with Crippen molar-refractivity contribution in [3.8, 4) is 0 Å². The van der Waals surface area contributed by atoms with Gasteiger partial charge in [-0.3, -0.25) is 4.79 Å². The number of aldehydes is 1. The molecule has 0 fully saturated rings. The molecule has 1 aromatic heterocycles. The Morgan fingerprint density at radius 1 is 1.32 bits per heavy atom. The first-order valence-corrected chi connectivity index (χ1v) is 7.40. The van der Waals surface area contributed by atoms with Gasteiger partial charge in [0.15, 0.2) is 11.4 Å². The van der Waals surface area contributed by atoms with Crippen molar-refractivity contribution >= 4 is 22.8 Å². The number of carbonyl (C=O) groups is 1. The molecule has 0 bridgehead atoms. The van der Waals surface area contributed by atoms with Crippen LogP contribution in [-0.2, 0) is 19.5 Å². The van der Waals surface area contributed by atoms with Crippen LogP contribution in [0.4, 0.5) is 5.13 Å². The number of hydrogen-bond donors (Lipinski definition) is 0. The van der Waals surface area contributed by atoms with Gasteiger partial charge in [0, 0.05) is 13.1 Å². The zero-order valence-corrected chi connectivity index (χ0v) is 11.7. The number of carbonyl (C=O) groups excluding carboxylic acids is 1. The van der Waals surface area contributed by atoms with E-state index in [9.17, 15) is 4.79 Å². The van der Waals surface area contributed by atoms with Crippen molar-refractivity contribution in [3.63, 3.8) is 0 Å². The Morgan fingerprint density at radius 2 is 2.00 bits per heavy atom. The van der Waals surface area contributed by atoms with E-state index in [1.165, 1.54) is 22.5 Å². The van der Waals surface area contributed by atoms with E-state index in [-0.39, 0.29) is 0 Å². The summed E-state index contributed by atoms with van der Waals surface area (Å²) in [7, 11) is 0. The number of nitrogens with zero attached hydrogens (tertiary/aromatic N) is 2. The Balaban J connectivity index is 1.87. The molecule has 0 atom stereocenters. The monoisotopic (exact) mass is 272 g/mol. The number of thiazole rings is 1. The quantitative estimate of drug-likeness (QED) is 0.799. The van der Waals surface area contributed by atoms with Crippen molar-refractivity contribution in [1.29, 1.82) is 0 Å². The molecule has 1 aliphatic rings. The van der Waals surface area contributed by atoms with Gasteiger partial charge in [-0.25, -0.2) is 4.98 Å². The first-order valence-electron chi connectivity index (χ1n) is 6.58. The van der Waals surface area contributed by atoms with Crippen molar-refractivity contribution in [2.24, 2.45) is 0 Å². The third kappa shape index (κ3) is 2.28. The Morgan fingerprint density at radius 3 is 2.58 bits per heavy atom. The maximum atomic E-state index is 11.1. The first-order chi connectivity index (χ1) is 9.31. The fourth-order valence-electron chi connectivity index (χ4n) is 2.46. The summed E-state index contributed by atoms with van der Waals surface area (Å²) in [6.45, 7) is 3.90. The molecule has 1 aromatic carbocycles. The lowest BCUT2D eigenvalue weighted by atomic mass is 10.1. The van der Waals surface area contributed by atoms with Crippen molar-refractivity contribution in [2.45, 2.75) is 32.9 Å². The van der Waals surface area contributed by atoms with Gasteiger partial charge in [0.05, 0.1) is 10.6 Å². The van der Waals surface area contributed by atoms with Crippen LogP contribution >= 0.6 is 11.3 Å². The van der Waals surface area contributed by atoms with Crippen LogP contribution in [0.25, 0.3) is 0 Å². The van der Waals surface area contributed by atoms with Crippen LogP contribution in [0, 0.1) is 0 Å². The summed E-state index contributed by atoms with van der Waals surface area (Å²) in [6, 6.07) is 8.47. The van der Waals surface area contributed by atoms with Gasteiger partial charge in [0.1, 0.15) is 0 Å². The average Bonchev–Trinajstić information content (AvgIpc) is 3.02. The molecule has 19 heavy (non-hydrogen) atoms. The predicted molar refractivity (Wildman–Crippen MR) is 77.8 cm³/mol. The van der Waals surface area contributed by atoms with Crippen LogP contribution in [0.3, 0.4) is 0 Å². The van der Waals surface area contributed by atoms with Crippen molar-refractivity contribution in [3.05, 3.63) is 46.0 Å². The van der Waals surface area contributed by atoms with E-state index < -0.39 is 0 Å². The molecule has 1 aliphatic heterocycles. The smallest absolute Gasteiger partial charge is 0.186 e. The molecular formula is C15H16N2OS. The highest BCUT2D eigenvalue weighted by Gasteiger charge is 2.22. The maximum absolute atomic E-state index is 11.1. The van der Waals surface area contributed by atoms with Gasteiger partial charge >= 0.3 is 0 Å². The lowest BCUT2D eigenvalue weighted by molar-refractivity contribution is 0.112. The van der Waals surface area contributed by atoms with Crippen LogP contribution in [0.1, 0.15) is 39.8 Å². The van der Waals surface area contributed by atoms with E-state index in [2.05, 4.69) is 41.1 Å². The summed E-state index contributed by atoms with van der Waals surface area (Å²) in [5.41, 5.74) is 3.68. The molecule has 98 valence electrons. The standard InChI is InChI=1S/C15H16N2OS/c1-2-5-13-14(10-18)19-15(16-13)17-8-11-6-3-4-7-12(11)9-17/h3-4,6-7,10H,2,5,8-9H2,1H3. The highest BCUT2D eigenvalue weighted by atomic mass is 32.1. The lowest BCUT2D eigenvalue weighted by Gasteiger charge is -2.12. The van der Waals surface area contributed by atoms with E-state index in [1.54, 1.807) is 0 Å². The zero-order valence-electron chi connectivity index (χ0n) is 10.9. The molecule has 3 rings (SSSR count). The Labute approximate surface area is 116 Å². The van der Waals surface area contributed by atoms with E-state index in [0.29, 0.717) is 0 Å². The van der Waals surface area contributed by atoms with Crippen LogP contribution in [-0.4, -0.2) is 11.3 Å². The minimum Gasteiger partial charge on any atom is -0.339 e. The predicted octanol–water partition coefficient (Wildman–Crippen LogP) is 3.43. The zero-order chi connectivity index (χ0) is 13.2. The van der Waals surface area contributed by atoms with Gasteiger partial charge in [0.2, 0.25) is 0 Å². The number of aromatic nitrogens is 1. The van der Waals surface area contributed by atoms with Gasteiger partial charge in [-0.2, -0.15) is 0 Å². The normalized spacial score (nSPS) is 13.6. The molecule has 2 aromatic rings. The van der Waals surface area contributed by atoms with Crippen LogP contribution in [0.5, 0.6) is 0 Å². The van der Waals surface area contributed by atoms with Crippen LogP contribution < -0.4 is 4.90 Å². The molecule has 0 saturated carbocycles. The van der Waals surface area contributed by atoms with E-state index in [0.717, 1.165) is 47.9 Å². The minimum atomic E-state index is 0.785. The fraction of sp³-hybridized carbons (Fsp3) is 0.333. The average molecular weight is 272 g/mol. The number of rotatable bonds is 4. The molecule has 0 unspecified atom stereocenters. The Kier molecular flexibility index (Phi) is 3.34. The summed E-state index contributed by atoms with van der Waals surface area (Å²) in [6.07, 6.45) is 2.84. The number of aryl methyl sites for hydroxylation is 1. The second-order valence-corrected chi connectivity index (χ2v) is 5.81. The molecule has 0 saturated heterocycles. The Bertz CT molecular complexity index is 581. The molecule has 0 radical (unpaired) electrons. The van der Waals surface area contributed by atoms with Crippen LogP contribution in [0.15, 0.2) is 24.3 Å². The second-order valence-electron chi connectivity index (χ2n) is 4.80. The molecule has 0 spiro atoms. The second kappa shape index (κ2) is 5.13. The molecule has 2 heterocycles. The van der Waals surface area contributed by atoms with Gasteiger partial charge in [-0.1, -0.05) is 48.9 Å². The maximum Gasteiger partial charge on any atom is 0.186 e. The van der Waals surface area contributed by atoms with Gasteiger partial charge in [-0.15, -0.1) is 0 Å². The van der Waals surface area contributed by atoms with Crippen molar-refractivity contribution in [2.75, 3.05) is 4.90 Å². The van der Waals surface area contributed by atoms with Gasteiger partial charge < -0.3 is 4.90 Å². The van der Waals surface area contributed by atoms with Crippen molar-refractivity contribution < 1.29 is 4.79 Å². The summed E-state index contributed by atoms with van der Waals surface area (Å²) in [5.74, 6) is 0. The highest BCUT2D eigenvalue weighted by molar-refractivity contribution is 7.17. The summed E-state index contributed by atoms with van der Waals surface area (Å²) < 4.78 is 0. The van der Waals surface area contributed by atoms with E-state index >= 15 is 0 Å². The van der Waals surface area contributed by atoms with Crippen molar-refractivity contribution in [1.82, 2.24) is 4.98 Å². The third-order valence-corrected chi connectivity index (χ3v) is 4.51. The summed E-state index contributed by atoms with van der Waals surface area (Å²) in [4.78, 5) is 18.8. The molecule has 0 N–H and O–H groups in total. The topological polar surface area (TPSA) is 33.2 Å². The summed E-state index contributed by atoms with van der Waals surface area (Å²) in [5, 5.41) is 0.974. The van der Waals surface area contributed by atoms with Gasteiger partial charge in [-0.05, 0) is 17.5 Å². The van der Waals surface area contributed by atoms with Gasteiger partial charge in [0.25, 0.3) is 0 Å². The SMILES string of the molecule is CCCc1nc(N2Cc3ccccc3C2)sc1C=O. The first kappa shape index (κ1) is 12.4. The number of hydrogen-bond acceptors (Lipinski definition) is 4. The molecule has 4 heteroatoms. The molecule has 0 amide bonds. The number of benzene rings is 1. The van der Waals surface area contributed by atoms with E-state index in [1.807, 2.05) is 0 Å². The lowest BCUT2D eigenvalue weighted by Crippen LogP contribution is -2.14. The molecule has 3 nitrogen and oxygen atoms in total. The van der Waals surface area contributed by atoms with E-state index in [4.69, 9.17) is 0 Å². The third-order valence-electron chi connectivity index (χ3n) is 3.42. The molecular weight excluding hydrogens is 256 g/mol. The van der Waals surface area contributed by atoms with Crippen LogP contribution in [0.2, 0.25) is 0 Å². The number of anilines is 1. The number of fused-ring (bicyclic) bond motifs is 1. The molecule has 0 aliphatic carbocycles. The summed E-state index contributed by atoms with van der Waals surface area (Å²) >= 11 is 1.51. The fourth-order valence-corrected chi connectivity index (χ4v) is 3.39. The largest absolute Gasteiger partial charge is 0.339 e. The highest BCUT2D eigenvalue weighted by Crippen LogP contribution is 2.32. The Hall–Kier alpha value is -1.68. The minimum absolute atomic E-state index is 0.785.